The Balaban J connectivity index is 0.00000112. The molecule has 0 aliphatic carbocycles. The molecule has 90 valence electrons. The maximum atomic E-state index is 12.2. The molecule has 0 aromatic carbocycles. The van der Waals surface area contributed by atoms with Gasteiger partial charge in [-0.25, -0.2) is 8.78 Å². The molecule has 1 spiro atoms. The van der Waals surface area contributed by atoms with Gasteiger partial charge in [-0.3, -0.25) is 4.90 Å². The Hall–Kier alpha value is 0.0700. The van der Waals surface area contributed by atoms with Crippen LogP contribution in [0.1, 0.15) is 19.3 Å². The van der Waals surface area contributed by atoms with Crippen LogP contribution < -0.4 is 5.32 Å². The molecule has 0 bridgehead atoms. The van der Waals surface area contributed by atoms with Gasteiger partial charge in [0, 0.05) is 6.54 Å². The summed E-state index contributed by atoms with van der Waals surface area (Å²) in [5.74, 6) is 0. The zero-order chi connectivity index (χ0) is 10.0. The van der Waals surface area contributed by atoms with Gasteiger partial charge in [-0.15, -0.1) is 12.4 Å². The second kappa shape index (κ2) is 5.41. The van der Waals surface area contributed by atoms with Gasteiger partial charge >= 0.3 is 0 Å². The van der Waals surface area contributed by atoms with Crippen LogP contribution in [0.3, 0.4) is 0 Å². The second-order valence-electron chi connectivity index (χ2n) is 4.63. The predicted molar refractivity (Wildman–Crippen MR) is 58.8 cm³/mol. The Bertz CT molecular complexity index is 196. The van der Waals surface area contributed by atoms with Gasteiger partial charge in [-0.05, 0) is 44.3 Å². The molecule has 2 fully saturated rings. The molecule has 2 saturated heterocycles. The Morgan fingerprint density at radius 3 is 2.47 bits per heavy atom. The quantitative estimate of drug-likeness (QED) is 0.791. The first-order valence-electron chi connectivity index (χ1n) is 5.41. The van der Waals surface area contributed by atoms with E-state index < -0.39 is 6.43 Å². The topological polar surface area (TPSA) is 15.3 Å². The van der Waals surface area contributed by atoms with Crippen molar-refractivity contribution in [3.05, 3.63) is 0 Å². The smallest absolute Gasteiger partial charge is 0.251 e. The number of nitrogens with one attached hydrogen (secondary N) is 1. The van der Waals surface area contributed by atoms with Crippen LogP contribution in [0.15, 0.2) is 0 Å². The summed E-state index contributed by atoms with van der Waals surface area (Å²) >= 11 is 0. The highest BCUT2D eigenvalue weighted by Gasteiger charge is 2.39. The van der Waals surface area contributed by atoms with Gasteiger partial charge < -0.3 is 5.32 Å². The average molecular weight is 241 g/mol. The average Bonchev–Trinajstić information content (AvgIpc) is 2.49. The van der Waals surface area contributed by atoms with Gasteiger partial charge in [0.2, 0.25) is 0 Å². The molecular weight excluding hydrogens is 222 g/mol. The predicted octanol–water partition coefficient (Wildman–Crippen LogP) is 1.75. The molecule has 0 atom stereocenters. The number of halogens is 3. The van der Waals surface area contributed by atoms with Crippen LogP contribution in [0.25, 0.3) is 0 Å². The minimum Gasteiger partial charge on any atom is -0.317 e. The Morgan fingerprint density at radius 2 is 1.87 bits per heavy atom. The fourth-order valence-electron chi connectivity index (χ4n) is 2.74. The lowest BCUT2D eigenvalue weighted by Crippen LogP contribution is -2.39. The van der Waals surface area contributed by atoms with E-state index in [4.69, 9.17) is 0 Å². The van der Waals surface area contributed by atoms with E-state index in [1.54, 1.807) is 0 Å². The van der Waals surface area contributed by atoms with E-state index in [1.165, 1.54) is 0 Å². The zero-order valence-corrected chi connectivity index (χ0v) is 9.66. The van der Waals surface area contributed by atoms with Crippen LogP contribution in [0.4, 0.5) is 8.78 Å². The molecule has 0 radical (unpaired) electrons. The van der Waals surface area contributed by atoms with E-state index >= 15 is 0 Å². The van der Waals surface area contributed by atoms with E-state index in [0.29, 0.717) is 5.41 Å². The minimum absolute atomic E-state index is 0. The van der Waals surface area contributed by atoms with E-state index in [-0.39, 0.29) is 19.0 Å². The molecular formula is C10H19ClF2N2. The summed E-state index contributed by atoms with van der Waals surface area (Å²) in [5, 5.41) is 3.32. The molecule has 0 unspecified atom stereocenters. The maximum Gasteiger partial charge on any atom is 0.251 e. The third kappa shape index (κ3) is 3.26. The zero-order valence-electron chi connectivity index (χ0n) is 8.85. The first-order chi connectivity index (χ1) is 6.70. The highest BCUT2D eigenvalue weighted by Crippen LogP contribution is 2.38. The molecule has 2 nitrogen and oxygen atoms in total. The summed E-state index contributed by atoms with van der Waals surface area (Å²) in [5.41, 5.74) is 0.361. The van der Waals surface area contributed by atoms with Crippen molar-refractivity contribution in [2.24, 2.45) is 5.41 Å². The maximum absolute atomic E-state index is 12.2. The van der Waals surface area contributed by atoms with Crippen molar-refractivity contribution < 1.29 is 8.78 Å². The van der Waals surface area contributed by atoms with Gasteiger partial charge in [-0.1, -0.05) is 0 Å². The van der Waals surface area contributed by atoms with E-state index in [1.807, 2.05) is 4.90 Å². The summed E-state index contributed by atoms with van der Waals surface area (Å²) in [4.78, 5) is 1.93. The standard InChI is InChI=1S/C10H18F2N2.ClH/c11-9(12)7-14-6-3-10(8-14)1-4-13-5-2-10;/h9,13H,1-8H2;1H. The highest BCUT2D eigenvalue weighted by atomic mass is 35.5. The molecule has 0 amide bonds. The van der Waals surface area contributed by atoms with Crippen molar-refractivity contribution in [2.45, 2.75) is 25.7 Å². The molecule has 0 saturated carbocycles. The third-order valence-corrected chi connectivity index (χ3v) is 3.58. The van der Waals surface area contributed by atoms with E-state index in [0.717, 1.165) is 45.4 Å². The Morgan fingerprint density at radius 1 is 1.20 bits per heavy atom. The molecule has 0 aromatic rings. The summed E-state index contributed by atoms with van der Waals surface area (Å²) < 4.78 is 24.4. The van der Waals surface area contributed by atoms with Crippen molar-refractivity contribution in [1.29, 1.82) is 0 Å². The second-order valence-corrected chi connectivity index (χ2v) is 4.63. The van der Waals surface area contributed by atoms with Gasteiger partial charge in [-0.2, -0.15) is 0 Å². The number of hydrogen-bond acceptors (Lipinski definition) is 2. The monoisotopic (exact) mass is 240 g/mol. The summed E-state index contributed by atoms with van der Waals surface area (Å²) in [6.07, 6.45) is 1.26. The number of rotatable bonds is 2. The van der Waals surface area contributed by atoms with Crippen molar-refractivity contribution in [3.8, 4) is 0 Å². The number of alkyl halides is 2. The minimum atomic E-state index is -2.17. The van der Waals surface area contributed by atoms with Crippen LogP contribution in [0.2, 0.25) is 0 Å². The number of nitrogens with zero attached hydrogens (tertiary/aromatic N) is 1. The normalized spacial score (nSPS) is 25.8. The molecule has 2 aliphatic rings. The number of hydrogen-bond donors (Lipinski definition) is 1. The Labute approximate surface area is 95.8 Å². The Kier molecular flexibility index (Phi) is 4.74. The summed E-state index contributed by atoms with van der Waals surface area (Å²) in [6.45, 7) is 3.84. The van der Waals surface area contributed by atoms with Gasteiger partial charge in [0.25, 0.3) is 6.43 Å². The fraction of sp³-hybridized carbons (Fsp3) is 1.00. The van der Waals surface area contributed by atoms with Gasteiger partial charge in [0.15, 0.2) is 0 Å². The first kappa shape index (κ1) is 13.1. The van der Waals surface area contributed by atoms with Crippen LogP contribution in [0, 0.1) is 5.41 Å². The highest BCUT2D eigenvalue weighted by molar-refractivity contribution is 5.85. The molecule has 5 heteroatoms. The fourth-order valence-corrected chi connectivity index (χ4v) is 2.74. The van der Waals surface area contributed by atoms with E-state index in [9.17, 15) is 8.78 Å². The van der Waals surface area contributed by atoms with Crippen molar-refractivity contribution in [1.82, 2.24) is 10.2 Å². The van der Waals surface area contributed by atoms with Crippen LogP contribution in [-0.4, -0.2) is 44.0 Å². The molecule has 2 rings (SSSR count). The van der Waals surface area contributed by atoms with Crippen molar-refractivity contribution in [3.63, 3.8) is 0 Å². The van der Waals surface area contributed by atoms with Crippen molar-refractivity contribution >= 4 is 12.4 Å². The molecule has 2 heterocycles. The first-order valence-corrected chi connectivity index (χ1v) is 5.41. The molecule has 2 aliphatic heterocycles. The summed E-state index contributed by atoms with van der Waals surface area (Å²) in [6, 6.07) is 0. The van der Waals surface area contributed by atoms with E-state index in [2.05, 4.69) is 5.32 Å². The van der Waals surface area contributed by atoms with Crippen LogP contribution >= 0.6 is 12.4 Å². The third-order valence-electron chi connectivity index (χ3n) is 3.58. The molecule has 15 heavy (non-hydrogen) atoms. The molecule has 0 aromatic heterocycles. The number of piperidine rings is 1. The lowest BCUT2D eigenvalue weighted by atomic mass is 9.78. The summed E-state index contributed by atoms with van der Waals surface area (Å²) in [7, 11) is 0. The van der Waals surface area contributed by atoms with Crippen molar-refractivity contribution in [2.75, 3.05) is 32.7 Å². The van der Waals surface area contributed by atoms with Crippen LogP contribution in [-0.2, 0) is 0 Å². The van der Waals surface area contributed by atoms with Crippen LogP contribution in [0.5, 0.6) is 0 Å². The molecule has 1 N–H and O–H groups in total. The number of likely N-dealkylation sites (tertiary alicyclic amines) is 1. The lowest BCUT2D eigenvalue weighted by molar-refractivity contribution is 0.0897. The van der Waals surface area contributed by atoms with Gasteiger partial charge in [0.05, 0.1) is 6.54 Å². The largest absolute Gasteiger partial charge is 0.317 e. The SMILES string of the molecule is Cl.FC(F)CN1CCC2(CCNCC2)C1. The lowest BCUT2D eigenvalue weighted by Gasteiger charge is -2.33. The van der Waals surface area contributed by atoms with Gasteiger partial charge in [0.1, 0.15) is 0 Å².